The normalized spacial score (nSPS) is 10.8. The molecular formula is C15H12ClN3O3. The molecule has 7 heteroatoms. The molecule has 0 fully saturated rings. The van der Waals surface area contributed by atoms with Gasteiger partial charge in [0.1, 0.15) is 0 Å². The van der Waals surface area contributed by atoms with Crippen molar-refractivity contribution in [2.45, 2.75) is 6.42 Å². The van der Waals surface area contributed by atoms with Crippen molar-refractivity contribution >= 4 is 34.3 Å². The zero-order valence-electron chi connectivity index (χ0n) is 11.6. The number of nitrogens with one attached hydrogen (secondary N) is 2. The molecule has 22 heavy (non-hydrogen) atoms. The smallest absolute Gasteiger partial charge is 0.310 e. The van der Waals surface area contributed by atoms with Gasteiger partial charge in [-0.05, 0) is 12.1 Å². The largest absolute Gasteiger partial charge is 0.469 e. The van der Waals surface area contributed by atoms with Gasteiger partial charge in [-0.15, -0.1) is 0 Å². The highest BCUT2D eigenvalue weighted by atomic mass is 35.5. The summed E-state index contributed by atoms with van der Waals surface area (Å²) >= 11 is 5.98. The van der Waals surface area contributed by atoms with Gasteiger partial charge in [0.2, 0.25) is 5.78 Å². The number of aromatic nitrogens is 3. The minimum atomic E-state index is -0.427. The number of nitrogens with zero attached hydrogens (tertiary/aromatic N) is 1. The van der Waals surface area contributed by atoms with E-state index in [-0.39, 0.29) is 18.0 Å². The first-order valence-corrected chi connectivity index (χ1v) is 6.89. The van der Waals surface area contributed by atoms with Gasteiger partial charge in [0.25, 0.3) is 0 Å². The predicted octanol–water partition coefficient (Wildman–Crippen LogP) is 2.49. The van der Waals surface area contributed by atoms with Crippen LogP contribution in [0.15, 0.2) is 30.6 Å². The first kappa shape index (κ1) is 14.3. The van der Waals surface area contributed by atoms with Crippen molar-refractivity contribution in [1.29, 1.82) is 0 Å². The number of benzene rings is 1. The molecule has 3 aromatic rings. The number of H-pyrrole nitrogens is 2. The zero-order chi connectivity index (χ0) is 15.7. The quantitative estimate of drug-likeness (QED) is 0.571. The van der Waals surface area contributed by atoms with Crippen LogP contribution in [-0.2, 0) is 16.0 Å². The van der Waals surface area contributed by atoms with E-state index in [1.54, 1.807) is 24.4 Å². The third-order valence-electron chi connectivity index (χ3n) is 3.36. The van der Waals surface area contributed by atoms with Crippen LogP contribution in [0.1, 0.15) is 21.9 Å². The highest BCUT2D eigenvalue weighted by Crippen LogP contribution is 2.27. The maximum absolute atomic E-state index is 12.5. The van der Waals surface area contributed by atoms with Crippen LogP contribution < -0.4 is 0 Å². The summed E-state index contributed by atoms with van der Waals surface area (Å²) in [7, 11) is 1.31. The van der Waals surface area contributed by atoms with E-state index in [9.17, 15) is 9.59 Å². The van der Waals surface area contributed by atoms with E-state index >= 15 is 0 Å². The molecule has 2 N–H and O–H groups in total. The van der Waals surface area contributed by atoms with Gasteiger partial charge in [-0.2, -0.15) is 0 Å². The molecule has 6 nitrogen and oxygen atoms in total. The average molecular weight is 318 g/mol. The number of hydrogen-bond donors (Lipinski definition) is 2. The van der Waals surface area contributed by atoms with Crippen LogP contribution in [0.25, 0.3) is 10.9 Å². The molecule has 0 aliphatic rings. The monoisotopic (exact) mass is 317 g/mol. The Hall–Kier alpha value is -2.60. The SMILES string of the molecule is COC(=O)Cc1c(C(=O)c2ncc[nH]2)[nH]c2cc(Cl)ccc12. The first-order chi connectivity index (χ1) is 10.6. The second-order valence-electron chi connectivity index (χ2n) is 4.69. The molecule has 0 unspecified atom stereocenters. The molecule has 0 amide bonds. The molecule has 3 rings (SSSR count). The lowest BCUT2D eigenvalue weighted by atomic mass is 10.1. The number of fused-ring (bicyclic) bond motifs is 1. The van der Waals surface area contributed by atoms with Crippen LogP contribution in [0, 0.1) is 0 Å². The number of esters is 1. The van der Waals surface area contributed by atoms with Gasteiger partial charge >= 0.3 is 5.97 Å². The molecule has 0 atom stereocenters. The predicted molar refractivity (Wildman–Crippen MR) is 81.0 cm³/mol. The van der Waals surface area contributed by atoms with E-state index in [1.165, 1.54) is 13.3 Å². The summed E-state index contributed by atoms with van der Waals surface area (Å²) in [4.78, 5) is 33.9. The lowest BCUT2D eigenvalue weighted by molar-refractivity contribution is -0.139. The summed E-state index contributed by atoms with van der Waals surface area (Å²) < 4.78 is 4.71. The van der Waals surface area contributed by atoms with Crippen LogP contribution in [0.2, 0.25) is 5.02 Å². The van der Waals surface area contributed by atoms with E-state index in [1.807, 2.05) is 0 Å². The fraction of sp³-hybridized carbons (Fsp3) is 0.133. The van der Waals surface area contributed by atoms with Crippen molar-refractivity contribution in [3.05, 3.63) is 52.7 Å². The lowest BCUT2D eigenvalue weighted by Crippen LogP contribution is -2.11. The van der Waals surface area contributed by atoms with Gasteiger partial charge in [-0.1, -0.05) is 17.7 Å². The van der Waals surface area contributed by atoms with Crippen LogP contribution >= 0.6 is 11.6 Å². The fourth-order valence-corrected chi connectivity index (χ4v) is 2.50. The van der Waals surface area contributed by atoms with Gasteiger partial charge in [-0.3, -0.25) is 9.59 Å². The highest BCUT2D eigenvalue weighted by Gasteiger charge is 2.22. The molecule has 112 valence electrons. The number of carbonyl (C=O) groups excluding carboxylic acids is 2. The van der Waals surface area contributed by atoms with Crippen molar-refractivity contribution in [3.63, 3.8) is 0 Å². The number of halogens is 1. The number of ether oxygens (including phenoxy) is 1. The number of rotatable bonds is 4. The van der Waals surface area contributed by atoms with E-state index in [4.69, 9.17) is 16.3 Å². The zero-order valence-corrected chi connectivity index (χ0v) is 12.4. The van der Waals surface area contributed by atoms with Gasteiger partial charge in [0.15, 0.2) is 5.82 Å². The molecule has 0 saturated carbocycles. The first-order valence-electron chi connectivity index (χ1n) is 6.51. The summed E-state index contributed by atoms with van der Waals surface area (Å²) in [6.07, 6.45) is 3.04. The molecule has 2 aromatic heterocycles. The van der Waals surface area contributed by atoms with Gasteiger partial charge in [-0.25, -0.2) is 4.98 Å². The van der Waals surface area contributed by atoms with Gasteiger partial charge < -0.3 is 14.7 Å². The number of carbonyl (C=O) groups is 2. The second kappa shape index (κ2) is 5.65. The molecule has 0 spiro atoms. The Labute approximate surface area is 130 Å². The van der Waals surface area contributed by atoms with Crippen LogP contribution in [0.4, 0.5) is 0 Å². The summed E-state index contributed by atoms with van der Waals surface area (Å²) in [5, 5.41) is 1.29. The van der Waals surface area contributed by atoms with Gasteiger partial charge in [0.05, 0.1) is 19.2 Å². The van der Waals surface area contributed by atoms with Gasteiger partial charge in [0, 0.05) is 33.9 Å². The topological polar surface area (TPSA) is 87.8 Å². The highest BCUT2D eigenvalue weighted by molar-refractivity contribution is 6.31. The van der Waals surface area contributed by atoms with Crippen molar-refractivity contribution in [1.82, 2.24) is 15.0 Å². The Bertz CT molecular complexity index is 852. The maximum Gasteiger partial charge on any atom is 0.310 e. The fourth-order valence-electron chi connectivity index (χ4n) is 2.33. The molecular weight excluding hydrogens is 306 g/mol. The number of ketones is 1. The lowest BCUT2D eigenvalue weighted by Gasteiger charge is -2.02. The Morgan fingerprint density at radius 2 is 2.18 bits per heavy atom. The minimum Gasteiger partial charge on any atom is -0.469 e. The standard InChI is InChI=1S/C15H12ClN3O3/c1-22-12(20)7-10-9-3-2-8(16)6-11(9)19-13(10)14(21)15-17-4-5-18-15/h2-6,19H,7H2,1H3,(H,17,18). The summed E-state index contributed by atoms with van der Waals surface area (Å²) in [5.74, 6) is -0.552. The maximum atomic E-state index is 12.5. The van der Waals surface area contributed by atoms with Crippen LogP contribution in [0.5, 0.6) is 0 Å². The summed E-state index contributed by atoms with van der Waals surface area (Å²) in [6, 6.07) is 5.18. The number of methoxy groups -OCH3 is 1. The van der Waals surface area contributed by atoms with E-state index in [2.05, 4.69) is 15.0 Å². The average Bonchev–Trinajstić information content (AvgIpc) is 3.14. The van der Waals surface area contributed by atoms with Crippen LogP contribution in [-0.4, -0.2) is 33.8 Å². The molecule has 0 aliphatic heterocycles. The Balaban J connectivity index is 2.17. The van der Waals surface area contributed by atoms with Crippen molar-refractivity contribution < 1.29 is 14.3 Å². The van der Waals surface area contributed by atoms with Crippen LogP contribution in [0.3, 0.4) is 0 Å². The van der Waals surface area contributed by atoms with Crippen molar-refractivity contribution in [3.8, 4) is 0 Å². The number of aromatic amines is 2. The molecule has 0 bridgehead atoms. The molecule has 2 heterocycles. The van der Waals surface area contributed by atoms with Crippen molar-refractivity contribution in [2.75, 3.05) is 7.11 Å². The summed E-state index contributed by atoms with van der Waals surface area (Å²) in [6.45, 7) is 0. The number of hydrogen-bond acceptors (Lipinski definition) is 4. The molecule has 0 radical (unpaired) electrons. The van der Waals surface area contributed by atoms with E-state index in [0.717, 1.165) is 5.39 Å². The Morgan fingerprint density at radius 1 is 1.36 bits per heavy atom. The Kier molecular flexibility index (Phi) is 3.68. The third-order valence-corrected chi connectivity index (χ3v) is 3.59. The third kappa shape index (κ3) is 2.48. The molecule has 0 aliphatic carbocycles. The molecule has 1 aromatic carbocycles. The van der Waals surface area contributed by atoms with Crippen molar-refractivity contribution in [2.24, 2.45) is 0 Å². The molecule has 0 saturated heterocycles. The summed E-state index contributed by atoms with van der Waals surface area (Å²) in [5.41, 5.74) is 1.55. The Morgan fingerprint density at radius 3 is 2.86 bits per heavy atom. The van der Waals surface area contributed by atoms with E-state index in [0.29, 0.717) is 21.8 Å². The minimum absolute atomic E-state index is 0.0140. The van der Waals surface area contributed by atoms with E-state index < -0.39 is 5.97 Å². The second-order valence-corrected chi connectivity index (χ2v) is 5.12. The number of imidazole rings is 1.